The molecule has 72 valence electrons. The molecule has 1 rings (SSSR count). The lowest BCUT2D eigenvalue weighted by atomic mass is 10.1. The molecule has 0 aliphatic carbocycles. The molecule has 0 N–H and O–H groups in total. The number of ether oxygens (including phenoxy) is 1. The zero-order chi connectivity index (χ0) is 9.24. The Balaban J connectivity index is 2.73. The van der Waals surface area contributed by atoms with E-state index < -0.39 is 20.9 Å². The highest BCUT2D eigenvalue weighted by molar-refractivity contribution is 6.38. The van der Waals surface area contributed by atoms with Crippen LogP contribution in [0.3, 0.4) is 0 Å². The molecule has 12 heavy (non-hydrogen) atoms. The summed E-state index contributed by atoms with van der Waals surface area (Å²) < 4.78 is 42.4. The smallest absolute Gasteiger partial charge is 0.370 e. The fourth-order valence-corrected chi connectivity index (χ4v) is 2.91. The van der Waals surface area contributed by atoms with Crippen molar-refractivity contribution in [3.63, 3.8) is 0 Å². The van der Waals surface area contributed by atoms with Crippen LogP contribution in [0.25, 0.3) is 0 Å². The highest BCUT2D eigenvalue weighted by Crippen LogP contribution is 2.39. The molecule has 0 radical (unpaired) electrons. The predicted molar refractivity (Wildman–Crippen MR) is 43.0 cm³/mol. The molecule has 1 fully saturated rings. The highest BCUT2D eigenvalue weighted by Gasteiger charge is 2.54. The Bertz CT molecular complexity index is 151. The van der Waals surface area contributed by atoms with Gasteiger partial charge >= 0.3 is 6.18 Å². The van der Waals surface area contributed by atoms with Gasteiger partial charge in [0.15, 0.2) is 0 Å². The molecule has 0 saturated carbocycles. The van der Waals surface area contributed by atoms with E-state index in [1.165, 1.54) is 0 Å². The first-order valence-corrected chi connectivity index (χ1v) is 6.35. The molecule has 0 aromatic heterocycles. The topological polar surface area (TPSA) is 9.23 Å². The van der Waals surface area contributed by atoms with E-state index in [4.69, 9.17) is 4.74 Å². The monoisotopic (exact) mass is 198 g/mol. The number of hydrogen-bond donors (Lipinski definition) is 0. The molecule has 0 amide bonds. The van der Waals surface area contributed by atoms with E-state index in [9.17, 15) is 13.2 Å². The molecule has 5 heteroatoms. The summed E-state index contributed by atoms with van der Waals surface area (Å²) in [6.07, 6.45) is -2.54. The maximum Gasteiger partial charge on any atom is 0.413 e. The molecule has 1 atom stereocenters. The standard InChI is InChI=1S/C7H13F3OSi/c1-12-6(7(8,9)10)4-2-3-5-11-6/h2-5,12H2,1H3. The van der Waals surface area contributed by atoms with Gasteiger partial charge in [-0.05, 0) is 19.3 Å². The van der Waals surface area contributed by atoms with Crippen LogP contribution in [0.2, 0.25) is 6.55 Å². The number of halogens is 3. The second-order valence-corrected chi connectivity index (χ2v) is 5.00. The second kappa shape index (κ2) is 3.37. The van der Waals surface area contributed by atoms with Gasteiger partial charge in [-0.15, -0.1) is 0 Å². The van der Waals surface area contributed by atoms with E-state index in [2.05, 4.69) is 0 Å². The van der Waals surface area contributed by atoms with Crippen molar-refractivity contribution in [3.8, 4) is 0 Å². The van der Waals surface area contributed by atoms with Crippen LogP contribution in [0.1, 0.15) is 19.3 Å². The Kier molecular flexibility index (Phi) is 2.83. The lowest BCUT2D eigenvalue weighted by Crippen LogP contribution is -2.53. The van der Waals surface area contributed by atoms with Crippen molar-refractivity contribution in [3.05, 3.63) is 0 Å². The van der Waals surface area contributed by atoms with Crippen molar-refractivity contribution in [1.82, 2.24) is 0 Å². The summed E-state index contributed by atoms with van der Waals surface area (Å²) in [4.78, 5) is 0. The Morgan fingerprint density at radius 1 is 1.33 bits per heavy atom. The maximum atomic E-state index is 12.5. The fourth-order valence-electron chi connectivity index (χ4n) is 1.56. The molecule has 1 unspecified atom stereocenters. The summed E-state index contributed by atoms with van der Waals surface area (Å²) in [5.74, 6) is 0. The summed E-state index contributed by atoms with van der Waals surface area (Å²) in [6.45, 7) is 1.94. The molecular weight excluding hydrogens is 185 g/mol. The number of alkyl halides is 3. The third kappa shape index (κ3) is 1.66. The summed E-state index contributed by atoms with van der Waals surface area (Å²) in [6, 6.07) is 0. The molecule has 1 nitrogen and oxygen atoms in total. The van der Waals surface area contributed by atoms with Crippen molar-refractivity contribution >= 4 is 9.52 Å². The first kappa shape index (κ1) is 10.1. The van der Waals surface area contributed by atoms with Crippen molar-refractivity contribution in [2.75, 3.05) is 6.61 Å². The van der Waals surface area contributed by atoms with Crippen molar-refractivity contribution in [1.29, 1.82) is 0 Å². The minimum atomic E-state index is -4.14. The van der Waals surface area contributed by atoms with Gasteiger partial charge in [0.05, 0.1) is 9.52 Å². The summed E-state index contributed by atoms with van der Waals surface area (Å²) in [5, 5.41) is -1.70. The summed E-state index contributed by atoms with van der Waals surface area (Å²) >= 11 is 0. The minimum Gasteiger partial charge on any atom is -0.370 e. The molecule has 1 aliphatic rings. The van der Waals surface area contributed by atoms with Crippen LogP contribution in [0.4, 0.5) is 13.2 Å². The van der Waals surface area contributed by atoms with Gasteiger partial charge in [-0.25, -0.2) is 0 Å². The number of rotatable bonds is 1. The van der Waals surface area contributed by atoms with Crippen LogP contribution in [0, 0.1) is 0 Å². The Morgan fingerprint density at radius 2 is 2.00 bits per heavy atom. The quantitative estimate of drug-likeness (QED) is 0.582. The Labute approximate surface area is 72.1 Å². The van der Waals surface area contributed by atoms with Gasteiger partial charge in [0.2, 0.25) is 0 Å². The average molecular weight is 198 g/mol. The third-order valence-corrected chi connectivity index (χ3v) is 4.54. The maximum absolute atomic E-state index is 12.5. The van der Waals surface area contributed by atoms with Crippen molar-refractivity contribution in [2.45, 2.75) is 37.2 Å². The Morgan fingerprint density at radius 3 is 2.25 bits per heavy atom. The zero-order valence-corrected chi connectivity index (χ0v) is 8.49. The molecule has 0 aromatic carbocycles. The normalized spacial score (nSPS) is 33.0. The SMILES string of the molecule is C[SiH2]C1(C(F)(F)F)CCCCO1. The van der Waals surface area contributed by atoms with Gasteiger partial charge in [-0.3, -0.25) is 0 Å². The van der Waals surface area contributed by atoms with Gasteiger partial charge in [0.1, 0.15) is 5.22 Å². The molecule has 0 bridgehead atoms. The van der Waals surface area contributed by atoms with Crippen LogP contribution in [0.5, 0.6) is 0 Å². The van der Waals surface area contributed by atoms with Crippen LogP contribution in [-0.2, 0) is 4.74 Å². The molecule has 1 aliphatic heterocycles. The summed E-state index contributed by atoms with van der Waals surface area (Å²) in [7, 11) is -1.19. The van der Waals surface area contributed by atoms with Gasteiger partial charge in [-0.1, -0.05) is 6.55 Å². The van der Waals surface area contributed by atoms with Gasteiger partial charge in [-0.2, -0.15) is 13.2 Å². The third-order valence-electron chi connectivity index (χ3n) is 2.44. The molecule has 1 heterocycles. The zero-order valence-electron chi connectivity index (χ0n) is 7.08. The van der Waals surface area contributed by atoms with E-state index in [0.29, 0.717) is 6.42 Å². The summed E-state index contributed by atoms with van der Waals surface area (Å²) in [5.41, 5.74) is 0. The molecule has 1 saturated heterocycles. The first-order valence-electron chi connectivity index (χ1n) is 4.22. The van der Waals surface area contributed by atoms with Gasteiger partial charge in [0, 0.05) is 6.61 Å². The molecular formula is C7H13F3OSi. The first-order chi connectivity index (χ1) is 5.52. The highest BCUT2D eigenvalue weighted by atomic mass is 28.2. The van der Waals surface area contributed by atoms with Crippen LogP contribution < -0.4 is 0 Å². The van der Waals surface area contributed by atoms with E-state index >= 15 is 0 Å². The lowest BCUT2D eigenvalue weighted by molar-refractivity contribution is -0.253. The molecule has 0 spiro atoms. The van der Waals surface area contributed by atoms with E-state index in [-0.39, 0.29) is 13.0 Å². The van der Waals surface area contributed by atoms with Crippen LogP contribution in [0.15, 0.2) is 0 Å². The minimum absolute atomic E-state index is 0.180. The predicted octanol–water partition coefficient (Wildman–Crippen LogP) is 1.66. The second-order valence-electron chi connectivity index (χ2n) is 3.15. The number of hydrogen-bond acceptors (Lipinski definition) is 1. The van der Waals surface area contributed by atoms with Crippen LogP contribution in [-0.4, -0.2) is 27.5 Å². The van der Waals surface area contributed by atoms with Crippen molar-refractivity contribution < 1.29 is 17.9 Å². The average Bonchev–Trinajstić information content (AvgIpc) is 2.04. The van der Waals surface area contributed by atoms with Crippen molar-refractivity contribution in [2.24, 2.45) is 0 Å². The fraction of sp³-hybridized carbons (Fsp3) is 1.00. The van der Waals surface area contributed by atoms with E-state index in [1.807, 2.05) is 0 Å². The van der Waals surface area contributed by atoms with E-state index in [1.54, 1.807) is 6.55 Å². The van der Waals surface area contributed by atoms with Crippen LogP contribution >= 0.6 is 0 Å². The van der Waals surface area contributed by atoms with Gasteiger partial charge < -0.3 is 4.74 Å². The van der Waals surface area contributed by atoms with Gasteiger partial charge in [0.25, 0.3) is 0 Å². The largest absolute Gasteiger partial charge is 0.413 e. The Hall–Kier alpha value is -0.0331. The lowest BCUT2D eigenvalue weighted by Gasteiger charge is -2.37. The van der Waals surface area contributed by atoms with E-state index in [0.717, 1.165) is 6.42 Å². The molecule has 0 aromatic rings.